The average molecular weight is 648 g/mol. The minimum Gasteiger partial charge on any atom is -0.493 e. The van der Waals surface area contributed by atoms with Crippen molar-refractivity contribution in [1.82, 2.24) is 15.6 Å². The van der Waals surface area contributed by atoms with Crippen molar-refractivity contribution in [3.63, 3.8) is 0 Å². The predicted octanol–water partition coefficient (Wildman–Crippen LogP) is 5.93. The first-order valence-corrected chi connectivity index (χ1v) is 16.7. The summed E-state index contributed by atoms with van der Waals surface area (Å²) in [5.41, 5.74) is 3.81. The lowest BCUT2D eigenvalue weighted by Crippen LogP contribution is -2.42. The zero-order valence-electron chi connectivity index (χ0n) is 27.5. The van der Waals surface area contributed by atoms with Gasteiger partial charge in [-0.15, -0.1) is 0 Å². The van der Waals surface area contributed by atoms with Gasteiger partial charge < -0.3 is 25.0 Å². The monoisotopic (exact) mass is 647 g/mol. The Bertz CT molecular complexity index is 1490. The molecule has 2 aliphatic rings. The van der Waals surface area contributed by atoms with Gasteiger partial charge in [-0.3, -0.25) is 14.5 Å². The van der Waals surface area contributed by atoms with Gasteiger partial charge in [-0.1, -0.05) is 23.7 Å². The van der Waals surface area contributed by atoms with Crippen LogP contribution in [0.5, 0.6) is 11.5 Å². The maximum Gasteiger partial charge on any atom is 0.233 e. The van der Waals surface area contributed by atoms with Crippen molar-refractivity contribution in [3.05, 3.63) is 76.4 Å². The molecule has 1 aromatic heterocycles. The number of methoxy groups -OCH3 is 1. The number of nitrogens with one attached hydrogen (secondary N) is 2. The van der Waals surface area contributed by atoms with Crippen LogP contribution in [0, 0.1) is 5.92 Å². The van der Waals surface area contributed by atoms with E-state index >= 15 is 0 Å². The second-order valence-electron chi connectivity index (χ2n) is 12.6. The van der Waals surface area contributed by atoms with E-state index in [0.29, 0.717) is 47.4 Å². The molecule has 2 N–H and O–H groups in total. The number of hydrogen-bond donors (Lipinski definition) is 2. The number of anilines is 2. The Morgan fingerprint density at radius 1 is 1.09 bits per heavy atom. The van der Waals surface area contributed by atoms with Gasteiger partial charge in [0.2, 0.25) is 11.8 Å². The highest BCUT2D eigenvalue weighted by Gasteiger charge is 2.37. The summed E-state index contributed by atoms with van der Waals surface area (Å²) < 4.78 is 11.8. The number of carbonyl (C=O) groups excluding carboxylic acids is 2. The van der Waals surface area contributed by atoms with E-state index in [1.54, 1.807) is 12.0 Å². The molecule has 2 aromatic carbocycles. The van der Waals surface area contributed by atoms with E-state index in [4.69, 9.17) is 26.1 Å². The largest absolute Gasteiger partial charge is 0.493 e. The molecule has 0 spiro atoms. The van der Waals surface area contributed by atoms with Gasteiger partial charge in [-0.25, -0.2) is 4.98 Å². The average Bonchev–Trinajstić information content (AvgIpc) is 3.04. The number of pyridine rings is 1. The van der Waals surface area contributed by atoms with E-state index in [2.05, 4.69) is 22.6 Å². The fraction of sp³-hybridized carbons (Fsp3) is 0.472. The Hall–Kier alpha value is -3.82. The quantitative estimate of drug-likeness (QED) is 0.252. The number of hydrogen-bond acceptors (Lipinski definition) is 7. The highest BCUT2D eigenvalue weighted by Crippen LogP contribution is 2.43. The maximum atomic E-state index is 13.8. The lowest BCUT2D eigenvalue weighted by atomic mass is 9.85. The van der Waals surface area contributed by atoms with E-state index in [9.17, 15) is 9.59 Å². The molecule has 0 unspecified atom stereocenters. The van der Waals surface area contributed by atoms with Gasteiger partial charge in [0.1, 0.15) is 5.82 Å². The van der Waals surface area contributed by atoms with Crippen LogP contribution in [0.4, 0.5) is 11.5 Å². The molecule has 0 radical (unpaired) electrons. The molecule has 1 aliphatic carbocycles. The summed E-state index contributed by atoms with van der Waals surface area (Å²) in [4.78, 5) is 34.5. The van der Waals surface area contributed by atoms with Crippen LogP contribution in [0.1, 0.15) is 69.2 Å². The van der Waals surface area contributed by atoms with Crippen molar-refractivity contribution in [3.8, 4) is 11.5 Å². The topological polar surface area (TPSA) is 96.0 Å². The third-order valence-corrected chi connectivity index (χ3v) is 9.11. The maximum absolute atomic E-state index is 13.8. The molecule has 3 aromatic rings. The first-order valence-electron chi connectivity index (χ1n) is 16.3. The molecular formula is C36H46ClN5O4. The Morgan fingerprint density at radius 3 is 2.46 bits per heavy atom. The number of aromatic nitrogens is 1. The number of likely N-dealkylation sites (N-methyl/N-ethyl adjacent to an activating group) is 1. The molecule has 0 saturated heterocycles. The molecule has 10 heteroatoms. The van der Waals surface area contributed by atoms with Crippen LogP contribution in [0.3, 0.4) is 0 Å². The highest BCUT2D eigenvalue weighted by molar-refractivity contribution is 6.30. The number of benzene rings is 2. The van der Waals surface area contributed by atoms with Crippen LogP contribution < -0.4 is 29.9 Å². The number of ether oxygens (including phenoxy) is 2. The van der Waals surface area contributed by atoms with Gasteiger partial charge in [0.05, 0.1) is 44.1 Å². The van der Waals surface area contributed by atoms with Crippen molar-refractivity contribution < 1.29 is 19.1 Å². The number of fused-ring (bicyclic) bond motifs is 1. The van der Waals surface area contributed by atoms with Gasteiger partial charge >= 0.3 is 0 Å². The minimum atomic E-state index is -0.415. The van der Waals surface area contributed by atoms with Crippen LogP contribution in [0.2, 0.25) is 5.02 Å². The molecule has 46 heavy (non-hydrogen) atoms. The van der Waals surface area contributed by atoms with Crippen molar-refractivity contribution in [2.24, 2.45) is 5.92 Å². The minimum absolute atomic E-state index is 0.0427. The Morgan fingerprint density at radius 2 is 1.83 bits per heavy atom. The summed E-state index contributed by atoms with van der Waals surface area (Å²) >= 11 is 6.26. The summed E-state index contributed by atoms with van der Waals surface area (Å²) in [5, 5.41) is 6.88. The zero-order valence-corrected chi connectivity index (χ0v) is 28.3. The lowest BCUT2D eigenvalue weighted by molar-refractivity contribution is -0.120. The molecular weight excluding hydrogens is 602 g/mol. The van der Waals surface area contributed by atoms with Gasteiger partial charge in [0.25, 0.3) is 0 Å². The SMILES string of the molecule is CCNC(=O)CN[C@H]1CC[C@H](CN(C)c2ccc(N3C(=O)Cc4cc(OC)c(OC(C)C)cc4[C@@H]3c3ccc(Cl)cc3)nc2)CC1. The molecule has 5 rings (SSSR count). The molecule has 1 aliphatic heterocycles. The van der Waals surface area contributed by atoms with Crippen molar-refractivity contribution in [2.75, 3.05) is 43.6 Å². The standard InChI is InChI=1S/C36H46ClN5O4/c1-6-38-34(43)21-39-28-13-7-24(8-14-28)22-41(4)29-15-16-33(40-20-29)42-35(44)18-26-17-31(45-5)32(46-23(2)3)19-30(26)36(42)25-9-11-27(37)12-10-25/h9-12,15-17,19-20,23-24,28,36,39H,6-8,13-14,18,21-22H2,1-5H3,(H,38,43)/t24-,28-,36-/m0/s1. The highest BCUT2D eigenvalue weighted by atomic mass is 35.5. The van der Waals surface area contributed by atoms with E-state index in [1.165, 1.54) is 0 Å². The van der Waals surface area contributed by atoms with E-state index in [1.807, 2.05) is 75.5 Å². The van der Waals surface area contributed by atoms with Crippen molar-refractivity contribution >= 4 is 34.9 Å². The molecule has 2 amide bonds. The summed E-state index contributed by atoms with van der Waals surface area (Å²) in [5.74, 6) is 2.42. The van der Waals surface area contributed by atoms with Gasteiger partial charge in [0.15, 0.2) is 11.5 Å². The lowest BCUT2D eigenvalue weighted by Gasteiger charge is -2.37. The predicted molar refractivity (Wildman–Crippen MR) is 183 cm³/mol. The van der Waals surface area contributed by atoms with Crippen LogP contribution in [-0.4, -0.2) is 62.7 Å². The van der Waals surface area contributed by atoms with Gasteiger partial charge in [0, 0.05) is 31.2 Å². The van der Waals surface area contributed by atoms with E-state index in [0.717, 1.165) is 54.6 Å². The third-order valence-electron chi connectivity index (χ3n) is 8.86. The molecule has 2 heterocycles. The number of amides is 2. The fourth-order valence-electron chi connectivity index (χ4n) is 6.58. The number of nitrogens with zero attached hydrogens (tertiary/aromatic N) is 3. The second kappa shape index (κ2) is 15.2. The van der Waals surface area contributed by atoms with E-state index in [-0.39, 0.29) is 24.3 Å². The van der Waals surface area contributed by atoms with Crippen LogP contribution in [0.15, 0.2) is 54.7 Å². The summed E-state index contributed by atoms with van der Waals surface area (Å²) in [6, 6.07) is 15.5. The van der Waals surface area contributed by atoms with E-state index < -0.39 is 6.04 Å². The van der Waals surface area contributed by atoms with Gasteiger partial charge in [-0.2, -0.15) is 0 Å². The fourth-order valence-corrected chi connectivity index (χ4v) is 6.71. The third kappa shape index (κ3) is 7.93. The number of rotatable bonds is 12. The second-order valence-corrected chi connectivity index (χ2v) is 13.0. The summed E-state index contributed by atoms with van der Waals surface area (Å²) in [6.45, 7) is 7.86. The Kier molecular flexibility index (Phi) is 11.1. The van der Waals surface area contributed by atoms with Crippen molar-refractivity contribution in [1.29, 1.82) is 0 Å². The molecule has 1 saturated carbocycles. The number of halogens is 1. The molecule has 1 atom stereocenters. The van der Waals surface area contributed by atoms with Crippen LogP contribution in [0.25, 0.3) is 0 Å². The van der Waals surface area contributed by atoms with Crippen LogP contribution >= 0.6 is 11.6 Å². The Labute approximate surface area is 277 Å². The zero-order chi connectivity index (χ0) is 32.8. The van der Waals surface area contributed by atoms with Crippen molar-refractivity contribution in [2.45, 2.75) is 71.1 Å². The normalized spacial score (nSPS) is 19.5. The molecule has 0 bridgehead atoms. The first-order chi connectivity index (χ1) is 22.2. The molecule has 1 fully saturated rings. The molecule has 246 valence electrons. The molecule has 9 nitrogen and oxygen atoms in total. The van der Waals surface area contributed by atoms with Gasteiger partial charge in [-0.05, 0) is 105 Å². The number of carbonyl (C=O) groups is 2. The van der Waals surface area contributed by atoms with Crippen LogP contribution in [-0.2, 0) is 16.0 Å². The summed E-state index contributed by atoms with van der Waals surface area (Å²) in [7, 11) is 3.71. The Balaban J connectivity index is 1.33. The first kappa shape index (κ1) is 33.5. The smallest absolute Gasteiger partial charge is 0.233 e. The summed E-state index contributed by atoms with van der Waals surface area (Å²) in [6.07, 6.45) is 6.39.